The quantitative estimate of drug-likeness (QED) is 0.882. The average molecular weight is 295 g/mol. The fourth-order valence-electron chi connectivity index (χ4n) is 3.24. The van der Waals surface area contributed by atoms with E-state index >= 15 is 0 Å². The lowest BCUT2D eigenvalue weighted by atomic mass is 9.75. The number of nitrogens with zero attached hydrogens (tertiary/aromatic N) is 1. The molecular weight excluding hydrogens is 268 g/mol. The Labute approximate surface area is 128 Å². The van der Waals surface area contributed by atoms with Gasteiger partial charge in [-0.15, -0.1) is 0 Å². The largest absolute Gasteiger partial charge is 0.370 e. The van der Waals surface area contributed by atoms with E-state index in [1.54, 1.807) is 0 Å². The summed E-state index contributed by atoms with van der Waals surface area (Å²) in [5.74, 6) is 0. The van der Waals surface area contributed by atoms with E-state index in [1.165, 1.54) is 36.9 Å². The standard InChI is InChI=1S/C17H27ClN2/c1-17(2)10-8-14(9-11-17)20(4)16-13(12-19-3)6-5-7-15(16)18/h5-7,14,19H,8-12H2,1-4H3. The van der Waals surface area contributed by atoms with Gasteiger partial charge in [-0.2, -0.15) is 0 Å². The number of nitrogens with one attached hydrogen (secondary N) is 1. The first-order valence-electron chi connectivity index (χ1n) is 7.59. The molecule has 1 aromatic rings. The molecule has 0 aromatic heterocycles. The highest BCUT2D eigenvalue weighted by Gasteiger charge is 2.30. The summed E-state index contributed by atoms with van der Waals surface area (Å²) in [6, 6.07) is 6.81. The van der Waals surface area contributed by atoms with Gasteiger partial charge in [0.05, 0.1) is 10.7 Å². The Bertz CT molecular complexity index is 446. The van der Waals surface area contributed by atoms with Crippen molar-refractivity contribution in [3.8, 4) is 0 Å². The molecule has 0 amide bonds. The molecule has 112 valence electrons. The van der Waals surface area contributed by atoms with Crippen LogP contribution in [-0.2, 0) is 6.54 Å². The maximum Gasteiger partial charge on any atom is 0.0642 e. The van der Waals surface area contributed by atoms with E-state index in [2.05, 4.69) is 37.2 Å². The van der Waals surface area contributed by atoms with Gasteiger partial charge < -0.3 is 10.2 Å². The van der Waals surface area contributed by atoms with Crippen molar-refractivity contribution in [1.29, 1.82) is 0 Å². The monoisotopic (exact) mass is 294 g/mol. The van der Waals surface area contributed by atoms with Crippen molar-refractivity contribution in [2.75, 3.05) is 19.0 Å². The number of rotatable bonds is 4. The van der Waals surface area contributed by atoms with E-state index in [4.69, 9.17) is 11.6 Å². The minimum absolute atomic E-state index is 0.506. The summed E-state index contributed by atoms with van der Waals surface area (Å²) < 4.78 is 0. The van der Waals surface area contributed by atoms with Crippen molar-refractivity contribution in [1.82, 2.24) is 5.32 Å². The van der Waals surface area contributed by atoms with Gasteiger partial charge in [0, 0.05) is 19.6 Å². The Hall–Kier alpha value is -0.730. The van der Waals surface area contributed by atoms with E-state index in [0.717, 1.165) is 11.6 Å². The molecule has 0 unspecified atom stereocenters. The summed E-state index contributed by atoms with van der Waals surface area (Å²) in [5, 5.41) is 4.10. The van der Waals surface area contributed by atoms with Crippen LogP contribution in [0.15, 0.2) is 18.2 Å². The van der Waals surface area contributed by atoms with Crippen molar-refractivity contribution in [2.45, 2.75) is 52.1 Å². The van der Waals surface area contributed by atoms with Gasteiger partial charge in [-0.3, -0.25) is 0 Å². The van der Waals surface area contributed by atoms with Crippen LogP contribution in [-0.4, -0.2) is 20.1 Å². The zero-order valence-electron chi connectivity index (χ0n) is 13.2. The molecule has 0 spiro atoms. The summed E-state index contributed by atoms with van der Waals surface area (Å²) in [4.78, 5) is 2.41. The second-order valence-corrected chi connectivity index (χ2v) is 7.19. The summed E-state index contributed by atoms with van der Waals surface area (Å²) >= 11 is 6.47. The van der Waals surface area contributed by atoms with E-state index < -0.39 is 0 Å². The van der Waals surface area contributed by atoms with E-state index in [-0.39, 0.29) is 0 Å². The number of hydrogen-bond acceptors (Lipinski definition) is 2. The molecule has 1 aromatic carbocycles. The van der Waals surface area contributed by atoms with Crippen molar-refractivity contribution in [3.05, 3.63) is 28.8 Å². The minimum Gasteiger partial charge on any atom is -0.370 e. The Morgan fingerprint density at radius 2 is 1.95 bits per heavy atom. The Balaban J connectivity index is 2.19. The summed E-state index contributed by atoms with van der Waals surface area (Å²) in [7, 11) is 4.18. The van der Waals surface area contributed by atoms with E-state index in [0.29, 0.717) is 11.5 Å². The lowest BCUT2D eigenvalue weighted by molar-refractivity contribution is 0.222. The molecular formula is C17H27ClN2. The molecule has 2 rings (SSSR count). The zero-order valence-corrected chi connectivity index (χ0v) is 13.9. The summed E-state index contributed by atoms with van der Waals surface area (Å²) in [6.45, 7) is 5.62. The number of benzene rings is 1. The molecule has 0 atom stereocenters. The van der Waals surface area contributed by atoms with Gasteiger partial charge in [-0.25, -0.2) is 0 Å². The van der Waals surface area contributed by atoms with Gasteiger partial charge in [-0.05, 0) is 49.8 Å². The van der Waals surface area contributed by atoms with Crippen molar-refractivity contribution in [2.24, 2.45) is 5.41 Å². The fourth-order valence-corrected chi connectivity index (χ4v) is 3.57. The molecule has 1 fully saturated rings. The van der Waals surface area contributed by atoms with Gasteiger partial charge in [0.1, 0.15) is 0 Å². The third-order valence-electron chi connectivity index (χ3n) is 4.65. The van der Waals surface area contributed by atoms with Crippen LogP contribution < -0.4 is 10.2 Å². The molecule has 1 aliphatic rings. The molecule has 0 aliphatic heterocycles. The maximum absolute atomic E-state index is 6.47. The van der Waals surface area contributed by atoms with E-state index in [1.807, 2.05) is 19.2 Å². The lowest BCUT2D eigenvalue weighted by Gasteiger charge is -2.40. The highest BCUT2D eigenvalue weighted by molar-refractivity contribution is 6.33. The van der Waals surface area contributed by atoms with Crippen LogP contribution in [0.25, 0.3) is 0 Å². The molecule has 2 nitrogen and oxygen atoms in total. The first kappa shape index (κ1) is 15.7. The molecule has 0 radical (unpaired) electrons. The molecule has 20 heavy (non-hydrogen) atoms. The SMILES string of the molecule is CNCc1cccc(Cl)c1N(C)C1CCC(C)(C)CC1. The maximum atomic E-state index is 6.47. The number of anilines is 1. The van der Waals surface area contributed by atoms with Crippen LogP contribution in [0.1, 0.15) is 45.1 Å². The Morgan fingerprint density at radius 1 is 1.30 bits per heavy atom. The number of halogens is 1. The van der Waals surface area contributed by atoms with Crippen LogP contribution in [0.2, 0.25) is 5.02 Å². The highest BCUT2D eigenvalue weighted by atomic mass is 35.5. The molecule has 3 heteroatoms. The van der Waals surface area contributed by atoms with Crippen LogP contribution in [0.4, 0.5) is 5.69 Å². The molecule has 1 saturated carbocycles. The van der Waals surface area contributed by atoms with Gasteiger partial charge in [0.25, 0.3) is 0 Å². The zero-order chi connectivity index (χ0) is 14.8. The van der Waals surface area contributed by atoms with Crippen LogP contribution in [0.5, 0.6) is 0 Å². The third-order valence-corrected chi connectivity index (χ3v) is 4.95. The Morgan fingerprint density at radius 3 is 2.55 bits per heavy atom. The highest BCUT2D eigenvalue weighted by Crippen LogP contribution is 2.39. The van der Waals surface area contributed by atoms with Crippen molar-refractivity contribution >= 4 is 17.3 Å². The molecule has 1 N–H and O–H groups in total. The third kappa shape index (κ3) is 3.48. The predicted molar refractivity (Wildman–Crippen MR) is 88.7 cm³/mol. The van der Waals surface area contributed by atoms with E-state index in [9.17, 15) is 0 Å². The first-order chi connectivity index (χ1) is 9.44. The van der Waals surface area contributed by atoms with Crippen molar-refractivity contribution < 1.29 is 0 Å². The van der Waals surface area contributed by atoms with Gasteiger partial charge in [-0.1, -0.05) is 37.6 Å². The minimum atomic E-state index is 0.506. The molecule has 0 bridgehead atoms. The van der Waals surface area contributed by atoms with Gasteiger partial charge >= 0.3 is 0 Å². The second kappa shape index (κ2) is 6.36. The summed E-state index contributed by atoms with van der Waals surface area (Å²) in [6.07, 6.45) is 5.11. The van der Waals surface area contributed by atoms with Crippen LogP contribution in [0, 0.1) is 5.41 Å². The fraction of sp³-hybridized carbons (Fsp3) is 0.647. The smallest absolute Gasteiger partial charge is 0.0642 e. The topological polar surface area (TPSA) is 15.3 Å². The van der Waals surface area contributed by atoms with Crippen molar-refractivity contribution in [3.63, 3.8) is 0 Å². The molecule has 1 aliphatic carbocycles. The Kier molecular flexibility index (Phi) is 4.98. The van der Waals surface area contributed by atoms with Crippen LogP contribution >= 0.6 is 11.6 Å². The normalized spacial score (nSPS) is 19.1. The lowest BCUT2D eigenvalue weighted by Crippen LogP contribution is -2.38. The second-order valence-electron chi connectivity index (χ2n) is 6.78. The van der Waals surface area contributed by atoms with Gasteiger partial charge in [0.15, 0.2) is 0 Å². The molecule has 0 saturated heterocycles. The van der Waals surface area contributed by atoms with Crippen LogP contribution in [0.3, 0.4) is 0 Å². The predicted octanol–water partition coefficient (Wildman–Crippen LogP) is 4.46. The number of para-hydroxylation sites is 1. The first-order valence-corrected chi connectivity index (χ1v) is 7.97. The molecule has 0 heterocycles. The van der Waals surface area contributed by atoms with Gasteiger partial charge in [0.2, 0.25) is 0 Å². The number of hydrogen-bond donors (Lipinski definition) is 1. The average Bonchev–Trinajstić information content (AvgIpc) is 2.38. The summed E-state index contributed by atoms with van der Waals surface area (Å²) in [5.41, 5.74) is 2.99.